The van der Waals surface area contributed by atoms with Crippen molar-refractivity contribution in [2.75, 3.05) is 30.9 Å². The molecule has 1 saturated heterocycles. The van der Waals surface area contributed by atoms with Crippen molar-refractivity contribution in [3.63, 3.8) is 0 Å². The summed E-state index contributed by atoms with van der Waals surface area (Å²) >= 11 is 0. The van der Waals surface area contributed by atoms with Gasteiger partial charge in [-0.05, 0) is 55.8 Å². The summed E-state index contributed by atoms with van der Waals surface area (Å²) in [6.45, 7) is 4.23. The quantitative estimate of drug-likeness (QED) is 0.839. The molecule has 1 heterocycles. The van der Waals surface area contributed by atoms with Crippen LogP contribution in [0.2, 0.25) is 0 Å². The predicted octanol–water partition coefficient (Wildman–Crippen LogP) is 2.37. The zero-order valence-corrected chi connectivity index (χ0v) is 15.9. The Labute approximate surface area is 158 Å². The van der Waals surface area contributed by atoms with Gasteiger partial charge >= 0.3 is 0 Å². The van der Waals surface area contributed by atoms with Crippen LogP contribution in [0.3, 0.4) is 0 Å². The molecule has 0 bridgehead atoms. The highest BCUT2D eigenvalue weighted by Crippen LogP contribution is 2.23. The van der Waals surface area contributed by atoms with E-state index in [0.717, 1.165) is 19.0 Å². The summed E-state index contributed by atoms with van der Waals surface area (Å²) in [5.41, 5.74) is 0.739. The lowest BCUT2D eigenvalue weighted by atomic mass is 10.1. The first kappa shape index (κ1) is 19.3. The molecule has 0 aliphatic carbocycles. The molecule has 27 heavy (non-hydrogen) atoms. The molecule has 6 nitrogen and oxygen atoms in total. The zero-order chi connectivity index (χ0) is 19.4. The van der Waals surface area contributed by atoms with Gasteiger partial charge in [-0.3, -0.25) is 9.52 Å². The fourth-order valence-electron chi connectivity index (χ4n) is 2.97. The summed E-state index contributed by atoms with van der Waals surface area (Å²) in [5.74, 6) is -0.688. The highest BCUT2D eigenvalue weighted by Gasteiger charge is 2.23. The monoisotopic (exact) mass is 391 g/mol. The molecule has 0 atom stereocenters. The van der Waals surface area contributed by atoms with Crippen LogP contribution in [0.25, 0.3) is 0 Å². The van der Waals surface area contributed by atoms with Gasteiger partial charge in [-0.2, -0.15) is 0 Å². The average Bonchev–Trinajstić information content (AvgIpc) is 2.93. The molecular weight excluding hydrogens is 369 g/mol. The lowest BCUT2D eigenvalue weighted by Crippen LogP contribution is -2.34. The summed E-state index contributed by atoms with van der Waals surface area (Å²) in [6.07, 6.45) is 0.842. The Kier molecular flexibility index (Phi) is 5.76. The standard InChI is InChI=1S/C19H22FN3O3S/c1-14-13-15(7-8-17(14)20)27(25,26)22-18-6-3-2-5-16(18)19(24)23-11-4-9-21-10-12-23/h2-3,5-8,13,21-22H,4,9-12H2,1H3. The van der Waals surface area contributed by atoms with Crippen molar-refractivity contribution < 1.29 is 17.6 Å². The highest BCUT2D eigenvalue weighted by atomic mass is 32.2. The fourth-order valence-corrected chi connectivity index (χ4v) is 4.13. The minimum Gasteiger partial charge on any atom is -0.337 e. The molecule has 1 amide bonds. The number of hydrogen-bond acceptors (Lipinski definition) is 4. The van der Waals surface area contributed by atoms with Crippen LogP contribution in [0.4, 0.5) is 10.1 Å². The Morgan fingerprint density at radius 3 is 2.70 bits per heavy atom. The molecular formula is C19H22FN3O3S. The van der Waals surface area contributed by atoms with E-state index in [4.69, 9.17) is 0 Å². The van der Waals surface area contributed by atoms with Crippen molar-refractivity contribution in [3.8, 4) is 0 Å². The number of halogens is 1. The summed E-state index contributed by atoms with van der Waals surface area (Å²) < 4.78 is 41.3. The molecule has 2 N–H and O–H groups in total. The van der Waals surface area contributed by atoms with Gasteiger partial charge in [0.1, 0.15) is 5.82 Å². The Morgan fingerprint density at radius 1 is 1.15 bits per heavy atom. The average molecular weight is 391 g/mol. The molecule has 1 fully saturated rings. The number of carbonyl (C=O) groups is 1. The fraction of sp³-hybridized carbons (Fsp3) is 0.316. The van der Waals surface area contributed by atoms with Crippen molar-refractivity contribution in [3.05, 3.63) is 59.4 Å². The third kappa shape index (κ3) is 4.45. The van der Waals surface area contributed by atoms with Crippen LogP contribution in [-0.4, -0.2) is 45.4 Å². The van der Waals surface area contributed by atoms with Crippen LogP contribution in [0.15, 0.2) is 47.4 Å². The predicted molar refractivity (Wildman–Crippen MR) is 102 cm³/mol. The molecule has 2 aromatic rings. The lowest BCUT2D eigenvalue weighted by molar-refractivity contribution is 0.0767. The number of nitrogens with zero attached hydrogens (tertiary/aromatic N) is 1. The number of sulfonamides is 1. The maximum atomic E-state index is 13.5. The molecule has 0 unspecified atom stereocenters. The number of amides is 1. The van der Waals surface area contributed by atoms with E-state index in [0.29, 0.717) is 25.2 Å². The Bertz CT molecular complexity index is 939. The Balaban J connectivity index is 1.89. The van der Waals surface area contributed by atoms with E-state index in [2.05, 4.69) is 10.0 Å². The van der Waals surface area contributed by atoms with E-state index in [-0.39, 0.29) is 22.1 Å². The van der Waals surface area contributed by atoms with E-state index in [1.54, 1.807) is 29.2 Å². The second-order valence-corrected chi connectivity index (χ2v) is 8.14. The number of para-hydroxylation sites is 1. The molecule has 0 aromatic heterocycles. The van der Waals surface area contributed by atoms with Gasteiger partial charge in [-0.1, -0.05) is 12.1 Å². The van der Waals surface area contributed by atoms with Crippen molar-refractivity contribution in [1.82, 2.24) is 10.2 Å². The number of benzene rings is 2. The topological polar surface area (TPSA) is 78.5 Å². The number of nitrogens with one attached hydrogen (secondary N) is 2. The van der Waals surface area contributed by atoms with E-state index >= 15 is 0 Å². The number of aryl methyl sites for hydroxylation is 1. The second-order valence-electron chi connectivity index (χ2n) is 6.46. The van der Waals surface area contributed by atoms with Gasteiger partial charge in [-0.25, -0.2) is 12.8 Å². The number of hydrogen-bond donors (Lipinski definition) is 2. The molecule has 0 spiro atoms. The van der Waals surface area contributed by atoms with E-state index in [1.165, 1.54) is 19.1 Å². The first-order chi connectivity index (χ1) is 12.9. The summed E-state index contributed by atoms with van der Waals surface area (Å²) in [5, 5.41) is 3.23. The molecule has 2 aromatic carbocycles. The Hall–Kier alpha value is -2.45. The van der Waals surface area contributed by atoms with Crippen molar-refractivity contribution in [2.24, 2.45) is 0 Å². The van der Waals surface area contributed by atoms with Crippen molar-refractivity contribution >= 4 is 21.6 Å². The minimum atomic E-state index is -3.95. The largest absolute Gasteiger partial charge is 0.337 e. The highest BCUT2D eigenvalue weighted by molar-refractivity contribution is 7.92. The van der Waals surface area contributed by atoms with Gasteiger partial charge in [0.15, 0.2) is 0 Å². The molecule has 1 aliphatic heterocycles. The third-order valence-corrected chi connectivity index (χ3v) is 5.83. The van der Waals surface area contributed by atoms with Crippen LogP contribution in [0.1, 0.15) is 22.3 Å². The second kappa shape index (κ2) is 8.06. The van der Waals surface area contributed by atoms with Crippen molar-refractivity contribution in [1.29, 1.82) is 0 Å². The van der Waals surface area contributed by atoms with E-state index in [1.807, 2.05) is 0 Å². The normalized spacial score (nSPS) is 15.3. The maximum absolute atomic E-state index is 13.5. The van der Waals surface area contributed by atoms with Crippen LogP contribution in [0.5, 0.6) is 0 Å². The summed E-state index contributed by atoms with van der Waals surface area (Å²) in [6, 6.07) is 10.1. The van der Waals surface area contributed by atoms with E-state index < -0.39 is 15.8 Å². The van der Waals surface area contributed by atoms with Crippen LogP contribution in [0, 0.1) is 12.7 Å². The lowest BCUT2D eigenvalue weighted by Gasteiger charge is -2.22. The molecule has 1 aliphatic rings. The molecule has 3 rings (SSSR count). The molecule has 0 radical (unpaired) electrons. The smallest absolute Gasteiger partial charge is 0.261 e. The molecule has 0 saturated carbocycles. The van der Waals surface area contributed by atoms with Gasteiger partial charge in [0, 0.05) is 19.6 Å². The zero-order valence-electron chi connectivity index (χ0n) is 15.0. The van der Waals surface area contributed by atoms with Crippen molar-refractivity contribution in [2.45, 2.75) is 18.2 Å². The van der Waals surface area contributed by atoms with Gasteiger partial charge in [0.25, 0.3) is 15.9 Å². The number of anilines is 1. The third-order valence-electron chi connectivity index (χ3n) is 4.47. The first-order valence-corrected chi connectivity index (χ1v) is 10.2. The van der Waals surface area contributed by atoms with E-state index in [9.17, 15) is 17.6 Å². The minimum absolute atomic E-state index is 0.0531. The maximum Gasteiger partial charge on any atom is 0.261 e. The summed E-state index contributed by atoms with van der Waals surface area (Å²) in [4.78, 5) is 14.6. The first-order valence-electron chi connectivity index (χ1n) is 8.76. The summed E-state index contributed by atoms with van der Waals surface area (Å²) in [7, 11) is -3.95. The van der Waals surface area contributed by atoms with Gasteiger partial charge in [0.05, 0.1) is 16.1 Å². The SMILES string of the molecule is Cc1cc(S(=O)(=O)Nc2ccccc2C(=O)N2CCCNCC2)ccc1F. The Morgan fingerprint density at radius 2 is 1.93 bits per heavy atom. The molecule has 8 heteroatoms. The van der Waals surface area contributed by atoms with Gasteiger partial charge in [-0.15, -0.1) is 0 Å². The van der Waals surface area contributed by atoms with Crippen LogP contribution < -0.4 is 10.0 Å². The van der Waals surface area contributed by atoms with Gasteiger partial charge < -0.3 is 10.2 Å². The number of rotatable bonds is 4. The number of carbonyl (C=O) groups excluding carboxylic acids is 1. The van der Waals surface area contributed by atoms with Crippen LogP contribution >= 0.6 is 0 Å². The van der Waals surface area contributed by atoms with Crippen LogP contribution in [-0.2, 0) is 10.0 Å². The van der Waals surface area contributed by atoms with Gasteiger partial charge in [0.2, 0.25) is 0 Å². The molecule has 144 valence electrons.